The molecule has 1 saturated carbocycles. The number of amides is 1. The van der Waals surface area contributed by atoms with Crippen LogP contribution in [-0.4, -0.2) is 35.9 Å². The lowest BCUT2D eigenvalue weighted by molar-refractivity contribution is 0.0630. The van der Waals surface area contributed by atoms with Crippen LogP contribution >= 0.6 is 0 Å². The van der Waals surface area contributed by atoms with Crippen molar-refractivity contribution in [2.45, 2.75) is 38.6 Å². The zero-order valence-electron chi connectivity index (χ0n) is 12.0. The number of aromatic nitrogens is 1. The first-order valence-electron chi connectivity index (χ1n) is 7.04. The van der Waals surface area contributed by atoms with Crippen LogP contribution in [-0.2, 0) is 0 Å². The summed E-state index contributed by atoms with van der Waals surface area (Å²) >= 11 is 0. The van der Waals surface area contributed by atoms with Crippen molar-refractivity contribution >= 4 is 11.6 Å². The van der Waals surface area contributed by atoms with E-state index in [1.54, 1.807) is 18.5 Å². The summed E-state index contributed by atoms with van der Waals surface area (Å²) in [7, 11) is 3.74. The fraction of sp³-hybridized carbons (Fsp3) is 0.600. The molecule has 0 aliphatic heterocycles. The number of hydrogen-bond acceptors (Lipinski definition) is 3. The molecule has 1 aromatic rings. The molecule has 0 saturated heterocycles. The van der Waals surface area contributed by atoms with Gasteiger partial charge in [0.1, 0.15) is 0 Å². The van der Waals surface area contributed by atoms with E-state index >= 15 is 0 Å². The highest BCUT2D eigenvalue weighted by molar-refractivity contribution is 5.99. The van der Waals surface area contributed by atoms with Crippen molar-refractivity contribution in [3.8, 4) is 0 Å². The molecular formula is C15H23N3O. The van der Waals surface area contributed by atoms with Crippen LogP contribution in [0.5, 0.6) is 0 Å². The molecule has 1 aliphatic rings. The summed E-state index contributed by atoms with van der Waals surface area (Å²) < 4.78 is 0. The van der Waals surface area contributed by atoms with Gasteiger partial charge in [0.15, 0.2) is 0 Å². The van der Waals surface area contributed by atoms with Crippen molar-refractivity contribution in [2.24, 2.45) is 5.92 Å². The Labute approximate surface area is 115 Å². The third-order valence-corrected chi connectivity index (χ3v) is 4.20. The minimum absolute atomic E-state index is 0.0884. The lowest BCUT2D eigenvalue weighted by Gasteiger charge is -2.36. The molecule has 1 heterocycles. The van der Waals surface area contributed by atoms with E-state index in [0.717, 1.165) is 12.1 Å². The molecule has 0 spiro atoms. The summed E-state index contributed by atoms with van der Waals surface area (Å²) in [5, 5.41) is 3.04. The average molecular weight is 261 g/mol. The van der Waals surface area contributed by atoms with Gasteiger partial charge < -0.3 is 10.2 Å². The molecule has 4 heteroatoms. The second-order valence-corrected chi connectivity index (χ2v) is 5.42. The van der Waals surface area contributed by atoms with Gasteiger partial charge in [-0.25, -0.2) is 0 Å². The summed E-state index contributed by atoms with van der Waals surface area (Å²) in [4.78, 5) is 18.6. The zero-order valence-corrected chi connectivity index (χ0v) is 12.0. The third-order valence-electron chi connectivity index (χ3n) is 4.20. The van der Waals surface area contributed by atoms with E-state index in [1.165, 1.54) is 19.3 Å². The van der Waals surface area contributed by atoms with Crippen molar-refractivity contribution in [1.82, 2.24) is 9.88 Å². The zero-order chi connectivity index (χ0) is 13.8. The van der Waals surface area contributed by atoms with Crippen LogP contribution in [0.25, 0.3) is 0 Å². The molecule has 1 aromatic heterocycles. The van der Waals surface area contributed by atoms with Gasteiger partial charge in [-0.05, 0) is 24.8 Å². The summed E-state index contributed by atoms with van der Waals surface area (Å²) in [5.74, 6) is 0.674. The van der Waals surface area contributed by atoms with E-state index in [2.05, 4.69) is 17.2 Å². The number of rotatable bonds is 3. The largest absolute Gasteiger partial charge is 0.386 e. The third kappa shape index (κ3) is 2.88. The van der Waals surface area contributed by atoms with Crippen molar-refractivity contribution in [1.29, 1.82) is 0 Å². The fourth-order valence-electron chi connectivity index (χ4n) is 2.99. The number of carbonyl (C=O) groups excluding carboxylic acids is 1. The molecule has 1 fully saturated rings. The first kappa shape index (κ1) is 13.8. The normalized spacial score (nSPS) is 22.9. The summed E-state index contributed by atoms with van der Waals surface area (Å²) in [6.07, 6.45) is 8.22. The Kier molecular flexibility index (Phi) is 4.40. The molecule has 1 amide bonds. The molecule has 2 unspecified atom stereocenters. The molecule has 1 aliphatic carbocycles. The average Bonchev–Trinajstić information content (AvgIpc) is 2.46. The van der Waals surface area contributed by atoms with E-state index in [9.17, 15) is 4.79 Å². The van der Waals surface area contributed by atoms with Crippen LogP contribution in [0.4, 0.5) is 5.69 Å². The molecule has 0 radical (unpaired) electrons. The van der Waals surface area contributed by atoms with E-state index in [-0.39, 0.29) is 5.91 Å². The maximum atomic E-state index is 12.6. The maximum Gasteiger partial charge on any atom is 0.256 e. The second-order valence-electron chi connectivity index (χ2n) is 5.42. The monoisotopic (exact) mass is 261 g/mol. The van der Waals surface area contributed by atoms with Gasteiger partial charge in [0.25, 0.3) is 5.91 Å². The minimum Gasteiger partial charge on any atom is -0.386 e. The number of nitrogens with zero attached hydrogens (tertiary/aromatic N) is 2. The van der Waals surface area contributed by atoms with E-state index in [4.69, 9.17) is 0 Å². The molecule has 1 N–H and O–H groups in total. The van der Waals surface area contributed by atoms with Gasteiger partial charge in [-0.3, -0.25) is 9.78 Å². The summed E-state index contributed by atoms with van der Waals surface area (Å²) in [5.41, 5.74) is 1.50. The highest BCUT2D eigenvalue weighted by Gasteiger charge is 2.29. The van der Waals surface area contributed by atoms with Gasteiger partial charge in [0.2, 0.25) is 0 Å². The quantitative estimate of drug-likeness (QED) is 0.910. The first-order chi connectivity index (χ1) is 9.15. The maximum absolute atomic E-state index is 12.6. The number of pyridine rings is 1. The standard InChI is InChI=1S/C15H23N3O/c1-11-6-4-5-7-14(11)18(3)15(19)12-8-9-17-10-13(12)16-2/h8-11,14,16H,4-7H2,1-3H3. The Bertz CT molecular complexity index is 447. The Morgan fingerprint density at radius 3 is 2.84 bits per heavy atom. The van der Waals surface area contributed by atoms with Gasteiger partial charge in [-0.2, -0.15) is 0 Å². The Morgan fingerprint density at radius 2 is 2.16 bits per heavy atom. The van der Waals surface area contributed by atoms with Crippen LogP contribution in [0.2, 0.25) is 0 Å². The number of hydrogen-bond donors (Lipinski definition) is 1. The van der Waals surface area contributed by atoms with Gasteiger partial charge in [-0.15, -0.1) is 0 Å². The van der Waals surface area contributed by atoms with Gasteiger partial charge >= 0.3 is 0 Å². The predicted octanol–water partition coefficient (Wildman–Crippen LogP) is 2.77. The molecule has 2 atom stereocenters. The van der Waals surface area contributed by atoms with Crippen LogP contribution in [0.15, 0.2) is 18.5 Å². The molecular weight excluding hydrogens is 238 g/mol. The van der Waals surface area contributed by atoms with Crippen LogP contribution in [0, 0.1) is 5.92 Å². The van der Waals surface area contributed by atoms with Crippen molar-refractivity contribution in [3.05, 3.63) is 24.0 Å². The van der Waals surface area contributed by atoms with Crippen molar-refractivity contribution < 1.29 is 4.79 Å². The fourth-order valence-corrected chi connectivity index (χ4v) is 2.99. The van der Waals surface area contributed by atoms with Crippen LogP contribution in [0.3, 0.4) is 0 Å². The van der Waals surface area contributed by atoms with E-state index < -0.39 is 0 Å². The van der Waals surface area contributed by atoms with Crippen molar-refractivity contribution in [2.75, 3.05) is 19.4 Å². The lowest BCUT2D eigenvalue weighted by Crippen LogP contribution is -2.42. The van der Waals surface area contributed by atoms with Crippen LogP contribution < -0.4 is 5.32 Å². The summed E-state index contributed by atoms with van der Waals surface area (Å²) in [6.45, 7) is 2.25. The Morgan fingerprint density at radius 1 is 1.42 bits per heavy atom. The van der Waals surface area contributed by atoms with Gasteiger partial charge in [0, 0.05) is 26.3 Å². The number of anilines is 1. The molecule has 0 bridgehead atoms. The van der Waals surface area contributed by atoms with E-state index in [1.807, 2.05) is 19.0 Å². The SMILES string of the molecule is CNc1cnccc1C(=O)N(C)C1CCCCC1C. The van der Waals surface area contributed by atoms with Crippen molar-refractivity contribution in [3.63, 3.8) is 0 Å². The van der Waals surface area contributed by atoms with Gasteiger partial charge in [0.05, 0.1) is 17.4 Å². The minimum atomic E-state index is 0.0884. The summed E-state index contributed by atoms with van der Waals surface area (Å²) in [6, 6.07) is 2.15. The number of nitrogens with one attached hydrogen (secondary N) is 1. The molecule has 19 heavy (non-hydrogen) atoms. The topological polar surface area (TPSA) is 45.2 Å². The van der Waals surface area contributed by atoms with Crippen LogP contribution in [0.1, 0.15) is 43.0 Å². The highest BCUT2D eigenvalue weighted by atomic mass is 16.2. The molecule has 2 rings (SSSR count). The lowest BCUT2D eigenvalue weighted by atomic mass is 9.85. The second kappa shape index (κ2) is 6.04. The highest BCUT2D eigenvalue weighted by Crippen LogP contribution is 2.28. The molecule has 0 aromatic carbocycles. The van der Waals surface area contributed by atoms with Gasteiger partial charge in [-0.1, -0.05) is 19.8 Å². The first-order valence-corrected chi connectivity index (χ1v) is 7.04. The molecule has 104 valence electrons. The number of carbonyl (C=O) groups is 1. The van der Waals surface area contributed by atoms with E-state index in [0.29, 0.717) is 17.5 Å². The Balaban J connectivity index is 2.18. The molecule has 4 nitrogen and oxygen atoms in total. The Hall–Kier alpha value is -1.58. The predicted molar refractivity (Wildman–Crippen MR) is 77.3 cm³/mol. The smallest absolute Gasteiger partial charge is 0.256 e.